The molecular formula is C15H17ClN2O2S. The van der Waals surface area contributed by atoms with E-state index < -0.39 is 10.0 Å². The Morgan fingerprint density at radius 1 is 1.24 bits per heavy atom. The SMILES string of the molecule is Cc1c(CCl)cccc1S(=O)(=O)N(C)Cc1cccnc1. The number of rotatable bonds is 5. The van der Waals surface area contributed by atoms with Crippen LogP contribution < -0.4 is 0 Å². The fourth-order valence-corrected chi connectivity index (χ4v) is 3.80. The van der Waals surface area contributed by atoms with Gasteiger partial charge in [0.2, 0.25) is 10.0 Å². The number of nitrogens with zero attached hydrogens (tertiary/aromatic N) is 2. The smallest absolute Gasteiger partial charge is 0.243 e. The van der Waals surface area contributed by atoms with Gasteiger partial charge in [-0.15, -0.1) is 11.6 Å². The predicted molar refractivity (Wildman–Crippen MR) is 83.6 cm³/mol. The van der Waals surface area contributed by atoms with Gasteiger partial charge in [-0.3, -0.25) is 4.98 Å². The van der Waals surface area contributed by atoms with Crippen LogP contribution >= 0.6 is 11.6 Å². The zero-order chi connectivity index (χ0) is 15.5. The lowest BCUT2D eigenvalue weighted by Crippen LogP contribution is -2.27. The maximum absolute atomic E-state index is 12.7. The third-order valence-corrected chi connectivity index (χ3v) is 5.59. The topological polar surface area (TPSA) is 50.3 Å². The molecule has 21 heavy (non-hydrogen) atoms. The highest BCUT2D eigenvalue weighted by molar-refractivity contribution is 7.89. The summed E-state index contributed by atoms with van der Waals surface area (Å²) < 4.78 is 26.7. The van der Waals surface area contributed by atoms with Gasteiger partial charge in [-0.25, -0.2) is 8.42 Å². The summed E-state index contributed by atoms with van der Waals surface area (Å²) in [7, 11) is -1.99. The summed E-state index contributed by atoms with van der Waals surface area (Å²) in [6.07, 6.45) is 3.32. The van der Waals surface area contributed by atoms with Gasteiger partial charge in [-0.2, -0.15) is 4.31 Å². The normalized spacial score (nSPS) is 11.8. The maximum atomic E-state index is 12.7. The molecule has 0 saturated carbocycles. The molecule has 112 valence electrons. The second-order valence-electron chi connectivity index (χ2n) is 4.80. The molecule has 0 aliphatic carbocycles. The van der Waals surface area contributed by atoms with Crippen molar-refractivity contribution in [3.05, 3.63) is 59.4 Å². The van der Waals surface area contributed by atoms with Crippen LogP contribution in [0.4, 0.5) is 0 Å². The molecule has 0 spiro atoms. The number of halogens is 1. The molecule has 6 heteroatoms. The van der Waals surface area contributed by atoms with Gasteiger partial charge in [0.05, 0.1) is 4.90 Å². The van der Waals surface area contributed by atoms with Crippen molar-refractivity contribution in [1.29, 1.82) is 0 Å². The van der Waals surface area contributed by atoms with Crippen molar-refractivity contribution in [2.24, 2.45) is 0 Å². The van der Waals surface area contributed by atoms with E-state index in [9.17, 15) is 8.42 Å². The second kappa shape index (κ2) is 6.56. The van der Waals surface area contributed by atoms with E-state index in [2.05, 4.69) is 4.98 Å². The molecule has 0 aliphatic rings. The maximum Gasteiger partial charge on any atom is 0.243 e. The van der Waals surface area contributed by atoms with Crippen LogP contribution in [0.15, 0.2) is 47.6 Å². The van der Waals surface area contributed by atoms with Crippen LogP contribution in [0.5, 0.6) is 0 Å². The largest absolute Gasteiger partial charge is 0.264 e. The minimum absolute atomic E-state index is 0.278. The summed E-state index contributed by atoms with van der Waals surface area (Å²) in [5.41, 5.74) is 2.37. The van der Waals surface area contributed by atoms with E-state index in [-0.39, 0.29) is 6.54 Å². The summed E-state index contributed by atoms with van der Waals surface area (Å²) >= 11 is 5.85. The first-order chi connectivity index (χ1) is 9.96. The van der Waals surface area contributed by atoms with Crippen molar-refractivity contribution in [3.8, 4) is 0 Å². The lowest BCUT2D eigenvalue weighted by atomic mass is 10.1. The number of pyridine rings is 1. The van der Waals surface area contributed by atoms with Gasteiger partial charge in [-0.05, 0) is 35.7 Å². The van der Waals surface area contributed by atoms with E-state index >= 15 is 0 Å². The molecular weight excluding hydrogens is 308 g/mol. The van der Waals surface area contributed by atoms with Crippen molar-refractivity contribution < 1.29 is 8.42 Å². The monoisotopic (exact) mass is 324 g/mol. The van der Waals surface area contributed by atoms with Gasteiger partial charge in [0, 0.05) is 31.9 Å². The first kappa shape index (κ1) is 15.9. The van der Waals surface area contributed by atoms with Gasteiger partial charge in [-0.1, -0.05) is 18.2 Å². The number of aromatic nitrogens is 1. The molecule has 0 aliphatic heterocycles. The van der Waals surface area contributed by atoms with Crippen molar-refractivity contribution in [2.75, 3.05) is 7.05 Å². The van der Waals surface area contributed by atoms with Crippen molar-refractivity contribution in [2.45, 2.75) is 24.2 Å². The van der Waals surface area contributed by atoms with E-state index in [1.54, 1.807) is 44.6 Å². The van der Waals surface area contributed by atoms with Crippen LogP contribution in [0.2, 0.25) is 0 Å². The predicted octanol–water partition coefficient (Wildman–Crippen LogP) is 2.95. The number of alkyl halides is 1. The standard InChI is InChI=1S/C15H17ClN2O2S/c1-12-14(9-16)6-3-7-15(12)21(19,20)18(2)11-13-5-4-8-17-10-13/h3-8,10H,9,11H2,1-2H3. The molecule has 0 unspecified atom stereocenters. The molecule has 0 amide bonds. The van der Waals surface area contributed by atoms with E-state index in [1.165, 1.54) is 4.31 Å². The van der Waals surface area contributed by atoms with Gasteiger partial charge < -0.3 is 0 Å². The van der Waals surface area contributed by atoms with Crippen molar-refractivity contribution in [3.63, 3.8) is 0 Å². The number of sulfonamides is 1. The van der Waals surface area contributed by atoms with Crippen molar-refractivity contribution in [1.82, 2.24) is 9.29 Å². The van der Waals surface area contributed by atoms with E-state index in [1.807, 2.05) is 12.1 Å². The van der Waals surface area contributed by atoms with Gasteiger partial charge in [0.15, 0.2) is 0 Å². The third kappa shape index (κ3) is 3.43. The summed E-state index contributed by atoms with van der Waals surface area (Å²) in [6.45, 7) is 2.06. The summed E-state index contributed by atoms with van der Waals surface area (Å²) in [5.74, 6) is 0.293. The first-order valence-electron chi connectivity index (χ1n) is 6.46. The minimum Gasteiger partial charge on any atom is -0.264 e. The minimum atomic E-state index is -3.55. The van der Waals surface area contributed by atoms with E-state index in [4.69, 9.17) is 11.6 Å². The van der Waals surface area contributed by atoms with E-state index in [0.29, 0.717) is 16.3 Å². The Labute approximate surface area is 130 Å². The highest BCUT2D eigenvalue weighted by Crippen LogP contribution is 2.23. The fourth-order valence-electron chi connectivity index (χ4n) is 2.09. The molecule has 0 fully saturated rings. The molecule has 0 bridgehead atoms. The van der Waals surface area contributed by atoms with E-state index in [0.717, 1.165) is 11.1 Å². The molecule has 0 radical (unpaired) electrons. The average molecular weight is 325 g/mol. The Kier molecular flexibility index (Phi) is 4.98. The average Bonchev–Trinajstić information content (AvgIpc) is 2.48. The Balaban J connectivity index is 2.34. The Hall–Kier alpha value is -1.43. The third-order valence-electron chi connectivity index (χ3n) is 3.36. The summed E-state index contributed by atoms with van der Waals surface area (Å²) in [4.78, 5) is 4.30. The van der Waals surface area contributed by atoms with Gasteiger partial charge in [0.1, 0.15) is 0 Å². The molecule has 1 aromatic heterocycles. The van der Waals surface area contributed by atoms with Crippen LogP contribution in [-0.2, 0) is 22.4 Å². The zero-order valence-electron chi connectivity index (χ0n) is 12.0. The number of hydrogen-bond acceptors (Lipinski definition) is 3. The Morgan fingerprint density at radius 2 is 2.00 bits per heavy atom. The second-order valence-corrected chi connectivity index (χ2v) is 7.08. The van der Waals surface area contributed by atoms with Gasteiger partial charge in [0.25, 0.3) is 0 Å². The summed E-state index contributed by atoms with van der Waals surface area (Å²) in [5, 5.41) is 0. The number of benzene rings is 1. The van der Waals surface area contributed by atoms with Crippen LogP contribution in [0.25, 0.3) is 0 Å². The quantitative estimate of drug-likeness (QED) is 0.794. The van der Waals surface area contributed by atoms with Gasteiger partial charge >= 0.3 is 0 Å². The molecule has 0 saturated heterocycles. The molecule has 2 aromatic rings. The molecule has 1 heterocycles. The zero-order valence-corrected chi connectivity index (χ0v) is 13.5. The van der Waals surface area contributed by atoms with Crippen LogP contribution in [0.1, 0.15) is 16.7 Å². The lowest BCUT2D eigenvalue weighted by molar-refractivity contribution is 0.465. The van der Waals surface area contributed by atoms with Crippen LogP contribution in [0.3, 0.4) is 0 Å². The molecule has 0 N–H and O–H groups in total. The van der Waals surface area contributed by atoms with Crippen LogP contribution in [-0.4, -0.2) is 24.8 Å². The highest BCUT2D eigenvalue weighted by atomic mass is 35.5. The lowest BCUT2D eigenvalue weighted by Gasteiger charge is -2.19. The highest BCUT2D eigenvalue weighted by Gasteiger charge is 2.23. The molecule has 1 aromatic carbocycles. The van der Waals surface area contributed by atoms with Crippen LogP contribution in [0, 0.1) is 6.92 Å². The molecule has 2 rings (SSSR count). The fraction of sp³-hybridized carbons (Fsp3) is 0.267. The summed E-state index contributed by atoms with van der Waals surface area (Å²) in [6, 6.07) is 8.80. The Morgan fingerprint density at radius 3 is 2.62 bits per heavy atom. The first-order valence-corrected chi connectivity index (χ1v) is 8.44. The molecule has 0 atom stereocenters. The Bertz CT molecular complexity index is 718. The van der Waals surface area contributed by atoms with Crippen molar-refractivity contribution >= 4 is 21.6 Å². The molecule has 4 nitrogen and oxygen atoms in total. The number of hydrogen-bond donors (Lipinski definition) is 0.